The molecule has 70 valence electrons. The minimum atomic E-state index is -0.596. The van der Waals surface area contributed by atoms with Crippen molar-refractivity contribution in [2.45, 2.75) is 0 Å². The Morgan fingerprint density at radius 1 is 1.14 bits per heavy atom. The molecule has 0 unspecified atom stereocenters. The van der Waals surface area contributed by atoms with Gasteiger partial charge in [0.2, 0.25) is 5.95 Å². The van der Waals surface area contributed by atoms with Crippen LogP contribution < -0.4 is 0 Å². The van der Waals surface area contributed by atoms with E-state index in [4.69, 9.17) is 0 Å². The predicted octanol–water partition coefficient (Wildman–Crippen LogP) is 2.59. The minimum absolute atomic E-state index is 0.0161. The molecule has 1 aromatic heterocycles. The van der Waals surface area contributed by atoms with E-state index in [-0.39, 0.29) is 5.75 Å². The summed E-state index contributed by atoms with van der Waals surface area (Å²) in [6.07, 6.45) is 1.11. The average molecular weight is 189 g/mol. The number of aromatic hydroxyl groups is 1. The third-order valence-corrected chi connectivity index (χ3v) is 1.93. The molecule has 0 aliphatic heterocycles. The summed E-state index contributed by atoms with van der Waals surface area (Å²) in [7, 11) is 0. The molecule has 0 saturated carbocycles. The lowest BCUT2D eigenvalue weighted by molar-refractivity contribution is 0.469. The van der Waals surface area contributed by atoms with Crippen molar-refractivity contribution in [2.75, 3.05) is 0 Å². The summed E-state index contributed by atoms with van der Waals surface area (Å²) in [6.45, 7) is 0. The van der Waals surface area contributed by atoms with Crippen LogP contribution in [-0.2, 0) is 0 Å². The number of hydrogen-bond donors (Lipinski definition) is 1. The Bertz CT molecular complexity index is 442. The van der Waals surface area contributed by atoms with Crippen molar-refractivity contribution < 1.29 is 9.50 Å². The van der Waals surface area contributed by atoms with E-state index in [0.29, 0.717) is 5.56 Å². The summed E-state index contributed by atoms with van der Waals surface area (Å²) in [5.41, 5.74) is 1.23. The van der Waals surface area contributed by atoms with E-state index >= 15 is 0 Å². The molecule has 1 N–H and O–H groups in total. The topological polar surface area (TPSA) is 33.1 Å². The molecule has 0 aliphatic carbocycles. The SMILES string of the molecule is Oc1cnc(F)cc1-c1ccccc1. The summed E-state index contributed by atoms with van der Waals surface area (Å²) in [5.74, 6) is -0.612. The van der Waals surface area contributed by atoms with E-state index in [1.807, 2.05) is 18.2 Å². The van der Waals surface area contributed by atoms with Crippen LogP contribution in [0.3, 0.4) is 0 Å². The van der Waals surface area contributed by atoms with Crippen molar-refractivity contribution in [3.63, 3.8) is 0 Å². The van der Waals surface area contributed by atoms with Crippen molar-refractivity contribution in [1.29, 1.82) is 0 Å². The van der Waals surface area contributed by atoms with Crippen molar-refractivity contribution >= 4 is 0 Å². The highest BCUT2D eigenvalue weighted by molar-refractivity contribution is 5.68. The first-order valence-corrected chi connectivity index (χ1v) is 4.17. The Hall–Kier alpha value is -1.90. The van der Waals surface area contributed by atoms with Crippen molar-refractivity contribution in [3.8, 4) is 16.9 Å². The molecule has 14 heavy (non-hydrogen) atoms. The molecule has 2 rings (SSSR count). The lowest BCUT2D eigenvalue weighted by Crippen LogP contribution is -1.85. The van der Waals surface area contributed by atoms with Crippen molar-refractivity contribution in [1.82, 2.24) is 4.98 Å². The van der Waals surface area contributed by atoms with Crippen LogP contribution in [0.15, 0.2) is 42.6 Å². The zero-order valence-corrected chi connectivity index (χ0v) is 7.31. The first-order valence-electron chi connectivity index (χ1n) is 4.17. The fourth-order valence-electron chi connectivity index (χ4n) is 1.27. The molecule has 0 bridgehead atoms. The molecule has 0 spiro atoms. The van der Waals surface area contributed by atoms with Gasteiger partial charge in [0.1, 0.15) is 5.75 Å². The Labute approximate surface area is 80.7 Å². The van der Waals surface area contributed by atoms with Gasteiger partial charge in [0.05, 0.1) is 6.20 Å². The second kappa shape index (κ2) is 3.46. The maximum atomic E-state index is 12.8. The Kier molecular flexibility index (Phi) is 2.14. The number of pyridine rings is 1. The van der Waals surface area contributed by atoms with Crippen molar-refractivity contribution in [2.24, 2.45) is 0 Å². The zero-order chi connectivity index (χ0) is 9.97. The first-order chi connectivity index (χ1) is 6.77. The van der Waals surface area contributed by atoms with Crippen LogP contribution in [0.25, 0.3) is 11.1 Å². The number of hydrogen-bond acceptors (Lipinski definition) is 2. The molecule has 0 fully saturated rings. The van der Waals surface area contributed by atoms with E-state index in [9.17, 15) is 9.50 Å². The smallest absolute Gasteiger partial charge is 0.213 e. The summed E-state index contributed by atoms with van der Waals surface area (Å²) in [4.78, 5) is 3.35. The molecule has 2 aromatic rings. The average Bonchev–Trinajstić information content (AvgIpc) is 2.23. The van der Waals surface area contributed by atoms with Crippen LogP contribution in [0.1, 0.15) is 0 Å². The summed E-state index contributed by atoms with van der Waals surface area (Å²) < 4.78 is 12.8. The van der Waals surface area contributed by atoms with Gasteiger partial charge in [-0.2, -0.15) is 4.39 Å². The number of halogens is 1. The lowest BCUT2D eigenvalue weighted by atomic mass is 10.1. The largest absolute Gasteiger partial charge is 0.506 e. The van der Waals surface area contributed by atoms with Gasteiger partial charge in [-0.25, -0.2) is 4.98 Å². The van der Waals surface area contributed by atoms with Gasteiger partial charge in [0.15, 0.2) is 0 Å². The predicted molar refractivity (Wildman–Crippen MR) is 51.3 cm³/mol. The maximum absolute atomic E-state index is 12.8. The van der Waals surface area contributed by atoms with Gasteiger partial charge in [-0.1, -0.05) is 30.3 Å². The van der Waals surface area contributed by atoms with Crippen LogP contribution >= 0.6 is 0 Å². The minimum Gasteiger partial charge on any atom is -0.506 e. The monoisotopic (exact) mass is 189 g/mol. The highest BCUT2D eigenvalue weighted by Gasteiger charge is 2.05. The Morgan fingerprint density at radius 2 is 1.86 bits per heavy atom. The first kappa shape index (κ1) is 8.69. The number of benzene rings is 1. The summed E-state index contributed by atoms with van der Waals surface area (Å²) >= 11 is 0. The molecule has 0 atom stereocenters. The van der Waals surface area contributed by atoms with E-state index < -0.39 is 5.95 Å². The van der Waals surface area contributed by atoms with Gasteiger partial charge in [0, 0.05) is 11.6 Å². The van der Waals surface area contributed by atoms with Crippen LogP contribution in [0.2, 0.25) is 0 Å². The Balaban J connectivity index is 2.57. The van der Waals surface area contributed by atoms with Gasteiger partial charge in [-0.3, -0.25) is 0 Å². The van der Waals surface area contributed by atoms with E-state index in [0.717, 1.165) is 11.8 Å². The fourth-order valence-corrected chi connectivity index (χ4v) is 1.27. The van der Waals surface area contributed by atoms with E-state index in [1.54, 1.807) is 12.1 Å². The molecular formula is C11H8FNO. The van der Waals surface area contributed by atoms with E-state index in [2.05, 4.69) is 4.98 Å². The Morgan fingerprint density at radius 3 is 2.57 bits per heavy atom. The fraction of sp³-hybridized carbons (Fsp3) is 0. The second-order valence-corrected chi connectivity index (χ2v) is 2.89. The lowest BCUT2D eigenvalue weighted by Gasteiger charge is -2.03. The molecule has 1 aromatic carbocycles. The van der Waals surface area contributed by atoms with Crippen LogP contribution in [-0.4, -0.2) is 10.1 Å². The third kappa shape index (κ3) is 1.57. The third-order valence-electron chi connectivity index (χ3n) is 1.93. The molecule has 0 aliphatic rings. The highest BCUT2D eigenvalue weighted by Crippen LogP contribution is 2.27. The molecule has 3 heteroatoms. The molecule has 0 radical (unpaired) electrons. The summed E-state index contributed by atoms with van der Waals surface area (Å²) in [6, 6.07) is 10.3. The summed E-state index contributed by atoms with van der Waals surface area (Å²) in [5, 5.41) is 9.46. The van der Waals surface area contributed by atoms with Crippen LogP contribution in [0, 0.1) is 5.95 Å². The molecule has 0 amide bonds. The van der Waals surface area contributed by atoms with Gasteiger partial charge in [-0.15, -0.1) is 0 Å². The van der Waals surface area contributed by atoms with Gasteiger partial charge in [-0.05, 0) is 5.56 Å². The molecular weight excluding hydrogens is 181 g/mol. The van der Waals surface area contributed by atoms with Crippen molar-refractivity contribution in [3.05, 3.63) is 48.5 Å². The number of aromatic nitrogens is 1. The van der Waals surface area contributed by atoms with E-state index in [1.165, 1.54) is 6.07 Å². The molecule has 2 nitrogen and oxygen atoms in total. The van der Waals surface area contributed by atoms with Crippen LogP contribution in [0.4, 0.5) is 4.39 Å². The second-order valence-electron chi connectivity index (χ2n) is 2.89. The number of nitrogens with zero attached hydrogens (tertiary/aromatic N) is 1. The van der Waals surface area contributed by atoms with Gasteiger partial charge >= 0.3 is 0 Å². The van der Waals surface area contributed by atoms with Gasteiger partial charge in [0.25, 0.3) is 0 Å². The zero-order valence-electron chi connectivity index (χ0n) is 7.31. The quantitative estimate of drug-likeness (QED) is 0.699. The van der Waals surface area contributed by atoms with Crippen LogP contribution in [0.5, 0.6) is 5.75 Å². The standard InChI is InChI=1S/C11H8FNO/c12-11-6-9(10(14)7-13-11)8-4-2-1-3-5-8/h1-7,14H. The van der Waals surface area contributed by atoms with Gasteiger partial charge < -0.3 is 5.11 Å². The highest BCUT2D eigenvalue weighted by atomic mass is 19.1. The number of rotatable bonds is 1. The molecule has 0 saturated heterocycles. The molecule has 1 heterocycles. The normalized spacial score (nSPS) is 10.1. The maximum Gasteiger partial charge on any atom is 0.213 e.